The summed E-state index contributed by atoms with van der Waals surface area (Å²) in [6.45, 7) is 0. The number of hydrogen-bond acceptors (Lipinski definition) is 5. The van der Waals surface area contributed by atoms with E-state index in [1.807, 2.05) is 30.3 Å². The average molecular weight is 491 g/mol. The summed E-state index contributed by atoms with van der Waals surface area (Å²) >= 11 is 1.42. The number of furan rings is 1. The second-order valence-electron chi connectivity index (χ2n) is 7.46. The van der Waals surface area contributed by atoms with Crippen LogP contribution in [0.5, 0.6) is 0 Å². The molecule has 5 rings (SSSR count). The van der Waals surface area contributed by atoms with E-state index in [9.17, 15) is 18.0 Å². The zero-order valence-corrected chi connectivity index (χ0v) is 18.8. The molecule has 35 heavy (non-hydrogen) atoms. The third kappa shape index (κ3) is 4.90. The normalized spacial score (nSPS) is 12.0. The SMILES string of the molecule is O=c1c2ccccc2nc(-c2cccc(C(F)(F)F)c2)n1N=Cc1ccc(Sc2ccccc2)o1. The van der Waals surface area contributed by atoms with Gasteiger partial charge >= 0.3 is 6.18 Å². The molecule has 0 atom stereocenters. The second-order valence-corrected chi connectivity index (χ2v) is 8.54. The van der Waals surface area contributed by atoms with Gasteiger partial charge in [0.1, 0.15) is 5.76 Å². The minimum Gasteiger partial charge on any atom is -0.448 e. The van der Waals surface area contributed by atoms with Gasteiger partial charge in [-0.25, -0.2) is 4.98 Å². The molecule has 0 aliphatic carbocycles. The first kappa shape index (κ1) is 22.7. The Morgan fingerprint density at radius 1 is 0.914 bits per heavy atom. The first-order chi connectivity index (χ1) is 16.9. The van der Waals surface area contributed by atoms with E-state index in [4.69, 9.17) is 4.42 Å². The van der Waals surface area contributed by atoms with Gasteiger partial charge in [-0.05, 0) is 48.5 Å². The summed E-state index contributed by atoms with van der Waals surface area (Å²) in [4.78, 5) is 18.7. The molecule has 0 saturated heterocycles. The van der Waals surface area contributed by atoms with Crippen LogP contribution in [0, 0.1) is 0 Å². The molecule has 0 spiro atoms. The zero-order valence-electron chi connectivity index (χ0n) is 17.9. The molecule has 0 bridgehead atoms. The maximum atomic E-state index is 13.3. The molecule has 2 heterocycles. The molecule has 5 aromatic rings. The van der Waals surface area contributed by atoms with Gasteiger partial charge in [-0.3, -0.25) is 4.79 Å². The Kier molecular flexibility index (Phi) is 6.00. The standard InChI is InChI=1S/C26H16F3N3O2S/c27-26(28,29)18-8-6-7-17(15-18)24-31-22-12-5-4-11-21(22)25(33)32(24)30-16-19-13-14-23(34-19)35-20-9-2-1-3-10-20/h1-16H. The quantitative estimate of drug-likeness (QED) is 0.257. The summed E-state index contributed by atoms with van der Waals surface area (Å²) in [7, 11) is 0. The van der Waals surface area contributed by atoms with Crippen molar-refractivity contribution < 1.29 is 17.6 Å². The van der Waals surface area contributed by atoms with E-state index in [0.29, 0.717) is 21.8 Å². The number of hydrogen-bond donors (Lipinski definition) is 0. The van der Waals surface area contributed by atoms with Gasteiger partial charge in [0, 0.05) is 10.5 Å². The van der Waals surface area contributed by atoms with Crippen LogP contribution in [0.3, 0.4) is 0 Å². The molecule has 0 amide bonds. The molecule has 0 aliphatic heterocycles. The van der Waals surface area contributed by atoms with Crippen molar-refractivity contribution in [3.05, 3.63) is 113 Å². The number of nitrogens with zero attached hydrogens (tertiary/aromatic N) is 3. The van der Waals surface area contributed by atoms with Crippen molar-refractivity contribution in [2.24, 2.45) is 5.10 Å². The van der Waals surface area contributed by atoms with Crippen molar-refractivity contribution >= 4 is 28.9 Å². The predicted molar refractivity (Wildman–Crippen MR) is 129 cm³/mol. The van der Waals surface area contributed by atoms with Crippen LogP contribution in [0.2, 0.25) is 0 Å². The van der Waals surface area contributed by atoms with Crippen LogP contribution in [0.1, 0.15) is 11.3 Å². The third-order valence-electron chi connectivity index (χ3n) is 5.07. The van der Waals surface area contributed by atoms with Gasteiger partial charge < -0.3 is 4.42 Å². The van der Waals surface area contributed by atoms with Gasteiger partial charge in [-0.1, -0.05) is 54.2 Å². The Morgan fingerprint density at radius 2 is 1.69 bits per heavy atom. The Balaban J connectivity index is 1.57. The molecule has 0 fully saturated rings. The minimum absolute atomic E-state index is 0.0125. The van der Waals surface area contributed by atoms with E-state index >= 15 is 0 Å². The molecule has 0 saturated carbocycles. The van der Waals surface area contributed by atoms with E-state index in [0.717, 1.165) is 21.7 Å². The fourth-order valence-electron chi connectivity index (χ4n) is 3.43. The maximum Gasteiger partial charge on any atom is 0.416 e. The molecular formula is C26H16F3N3O2S. The van der Waals surface area contributed by atoms with Crippen LogP contribution in [0.4, 0.5) is 13.2 Å². The average Bonchev–Trinajstić information content (AvgIpc) is 3.30. The Bertz CT molecular complexity index is 1590. The molecule has 3 aromatic carbocycles. The van der Waals surface area contributed by atoms with E-state index in [-0.39, 0.29) is 11.4 Å². The monoisotopic (exact) mass is 491 g/mol. The topological polar surface area (TPSA) is 60.4 Å². The summed E-state index contributed by atoms with van der Waals surface area (Å²) in [6.07, 6.45) is -3.20. The molecule has 0 radical (unpaired) electrons. The fourth-order valence-corrected chi connectivity index (χ4v) is 4.23. The van der Waals surface area contributed by atoms with E-state index in [2.05, 4.69) is 10.1 Å². The Labute approximate surface area is 201 Å². The Hall–Kier alpha value is -4.11. The van der Waals surface area contributed by atoms with E-state index in [1.54, 1.807) is 36.4 Å². The van der Waals surface area contributed by atoms with E-state index in [1.165, 1.54) is 30.1 Å². The van der Waals surface area contributed by atoms with Crippen LogP contribution in [-0.4, -0.2) is 15.9 Å². The van der Waals surface area contributed by atoms with Crippen molar-refractivity contribution in [3.63, 3.8) is 0 Å². The van der Waals surface area contributed by atoms with Crippen molar-refractivity contribution in [1.29, 1.82) is 0 Å². The highest BCUT2D eigenvalue weighted by Gasteiger charge is 2.31. The molecular weight excluding hydrogens is 475 g/mol. The predicted octanol–water partition coefficient (Wildman–Crippen LogP) is 6.71. The van der Waals surface area contributed by atoms with Gasteiger partial charge in [0.15, 0.2) is 10.9 Å². The summed E-state index contributed by atoms with van der Waals surface area (Å²) < 4.78 is 46.7. The lowest BCUT2D eigenvalue weighted by Crippen LogP contribution is -2.20. The first-order valence-electron chi connectivity index (χ1n) is 10.4. The largest absolute Gasteiger partial charge is 0.448 e. The van der Waals surface area contributed by atoms with Crippen molar-refractivity contribution in [3.8, 4) is 11.4 Å². The first-order valence-corrected chi connectivity index (χ1v) is 11.3. The number of rotatable bonds is 5. The van der Waals surface area contributed by atoms with E-state index < -0.39 is 17.3 Å². The number of alkyl halides is 3. The van der Waals surface area contributed by atoms with Crippen LogP contribution < -0.4 is 5.56 Å². The maximum absolute atomic E-state index is 13.3. The van der Waals surface area contributed by atoms with Gasteiger partial charge in [-0.15, -0.1) is 0 Å². The number of fused-ring (bicyclic) bond motifs is 1. The third-order valence-corrected chi connectivity index (χ3v) is 5.99. The molecule has 9 heteroatoms. The molecule has 0 aliphatic rings. The fraction of sp³-hybridized carbons (Fsp3) is 0.0385. The summed E-state index contributed by atoms with van der Waals surface area (Å²) in [5, 5.41) is 5.16. The lowest BCUT2D eigenvalue weighted by atomic mass is 10.1. The van der Waals surface area contributed by atoms with Crippen molar-refractivity contribution in [2.75, 3.05) is 0 Å². The van der Waals surface area contributed by atoms with Gasteiger partial charge in [0.25, 0.3) is 5.56 Å². The Morgan fingerprint density at radius 3 is 2.49 bits per heavy atom. The summed E-state index contributed by atoms with van der Waals surface area (Å²) in [6, 6.07) is 24.4. The number of benzene rings is 3. The minimum atomic E-state index is -4.54. The van der Waals surface area contributed by atoms with Crippen LogP contribution >= 0.6 is 11.8 Å². The highest BCUT2D eigenvalue weighted by molar-refractivity contribution is 7.99. The lowest BCUT2D eigenvalue weighted by Gasteiger charge is -2.11. The number of aromatic nitrogens is 2. The highest BCUT2D eigenvalue weighted by atomic mass is 32.2. The molecule has 174 valence electrons. The number of para-hydroxylation sites is 1. The van der Waals surface area contributed by atoms with Gasteiger partial charge in [0.05, 0.1) is 22.7 Å². The zero-order chi connectivity index (χ0) is 24.4. The number of halogens is 3. The molecule has 2 aromatic heterocycles. The van der Waals surface area contributed by atoms with Crippen LogP contribution in [-0.2, 0) is 6.18 Å². The van der Waals surface area contributed by atoms with Crippen molar-refractivity contribution in [2.45, 2.75) is 16.2 Å². The lowest BCUT2D eigenvalue weighted by molar-refractivity contribution is -0.137. The molecule has 0 N–H and O–H groups in total. The molecule has 5 nitrogen and oxygen atoms in total. The second kappa shape index (κ2) is 9.27. The van der Waals surface area contributed by atoms with Crippen LogP contribution in [0.15, 0.2) is 115 Å². The smallest absolute Gasteiger partial charge is 0.416 e. The summed E-state index contributed by atoms with van der Waals surface area (Å²) in [5.41, 5.74) is -0.887. The van der Waals surface area contributed by atoms with Gasteiger partial charge in [-0.2, -0.15) is 22.9 Å². The van der Waals surface area contributed by atoms with Crippen LogP contribution in [0.25, 0.3) is 22.3 Å². The van der Waals surface area contributed by atoms with Gasteiger partial charge in [0.2, 0.25) is 0 Å². The highest BCUT2D eigenvalue weighted by Crippen LogP contribution is 2.32. The summed E-state index contributed by atoms with van der Waals surface area (Å²) in [5.74, 6) is 0.361. The van der Waals surface area contributed by atoms with Crippen molar-refractivity contribution in [1.82, 2.24) is 9.66 Å². The molecule has 0 unspecified atom stereocenters.